The van der Waals surface area contributed by atoms with Crippen molar-refractivity contribution < 1.29 is 32.8 Å². The summed E-state index contributed by atoms with van der Waals surface area (Å²) < 4.78 is 35.5. The fraction of sp³-hybridized carbons (Fsp3) is 0.174. The molecule has 0 saturated heterocycles. The number of nitrogens with zero attached hydrogens (tertiary/aromatic N) is 6. The first-order valence-corrected chi connectivity index (χ1v) is 11.3. The molecule has 0 spiro atoms. The Kier molecular flexibility index (Phi) is 8.25. The molecule has 39 heavy (non-hydrogen) atoms. The smallest absolute Gasteiger partial charge is 0.293 e. The quantitative estimate of drug-likeness (QED) is 0.171. The summed E-state index contributed by atoms with van der Waals surface area (Å²) in [4.78, 5) is 23.9. The largest absolute Gasteiger partial charge is 0.490 e. The van der Waals surface area contributed by atoms with Crippen LogP contribution < -0.4 is 31.1 Å². The normalized spacial score (nSPS) is 10.9. The maximum atomic E-state index is 13.2. The zero-order valence-corrected chi connectivity index (χ0v) is 20.4. The molecule has 202 valence electrons. The maximum Gasteiger partial charge on any atom is 0.293 e. The second-order valence-corrected chi connectivity index (χ2v) is 7.61. The Labute approximate surface area is 219 Å². The highest BCUT2D eigenvalue weighted by molar-refractivity contribution is 5.94. The Hall–Kier alpha value is -5.54. The molecular formula is C23H22FN9O6. The summed E-state index contributed by atoms with van der Waals surface area (Å²) in [5.74, 6) is -0.893. The first-order valence-electron chi connectivity index (χ1n) is 11.3. The molecule has 5 N–H and O–H groups in total. The number of anilines is 1. The second-order valence-electron chi connectivity index (χ2n) is 7.61. The molecule has 16 heteroatoms. The van der Waals surface area contributed by atoms with E-state index in [0.717, 1.165) is 4.68 Å². The molecule has 4 aromatic rings. The van der Waals surface area contributed by atoms with Crippen LogP contribution >= 0.6 is 0 Å². The summed E-state index contributed by atoms with van der Waals surface area (Å²) in [6.45, 7) is 1.59. The van der Waals surface area contributed by atoms with E-state index in [2.05, 4.69) is 35.8 Å². The first kappa shape index (κ1) is 26.5. The van der Waals surface area contributed by atoms with Crippen molar-refractivity contribution in [1.82, 2.24) is 30.7 Å². The van der Waals surface area contributed by atoms with Gasteiger partial charge in [-0.3, -0.25) is 9.59 Å². The molecule has 0 aliphatic heterocycles. The van der Waals surface area contributed by atoms with E-state index in [1.165, 1.54) is 30.5 Å². The molecule has 0 unspecified atom stereocenters. The van der Waals surface area contributed by atoms with E-state index < -0.39 is 17.6 Å². The number of nitrogen functional groups attached to an aromatic ring is 1. The van der Waals surface area contributed by atoms with E-state index in [9.17, 15) is 14.0 Å². The van der Waals surface area contributed by atoms with Crippen LogP contribution in [0.1, 0.15) is 28.7 Å². The number of nitrogens with two attached hydrogens (primary N) is 2. The van der Waals surface area contributed by atoms with Crippen LogP contribution in [-0.2, 0) is 11.4 Å². The number of rotatable bonds is 12. The Morgan fingerprint density at radius 1 is 1.13 bits per heavy atom. The molecule has 0 radical (unpaired) electrons. The third-order valence-electron chi connectivity index (χ3n) is 4.88. The maximum absolute atomic E-state index is 13.2. The molecular weight excluding hydrogens is 517 g/mol. The molecule has 2 heterocycles. The summed E-state index contributed by atoms with van der Waals surface area (Å²) in [5, 5.41) is 18.9. The lowest BCUT2D eigenvalue weighted by molar-refractivity contribution is -0.119. The van der Waals surface area contributed by atoms with Crippen molar-refractivity contribution in [2.45, 2.75) is 13.5 Å². The van der Waals surface area contributed by atoms with E-state index in [1.54, 1.807) is 25.1 Å². The molecule has 4 rings (SSSR count). The molecule has 0 aliphatic carbocycles. The molecule has 2 aromatic heterocycles. The van der Waals surface area contributed by atoms with Gasteiger partial charge in [0.25, 0.3) is 11.8 Å². The molecule has 2 aromatic carbocycles. The summed E-state index contributed by atoms with van der Waals surface area (Å²) in [6, 6.07) is 10.1. The number of hydrogen-bond donors (Lipinski definition) is 3. The minimum Gasteiger partial charge on any atom is -0.490 e. The average Bonchev–Trinajstić information content (AvgIpc) is 3.53. The van der Waals surface area contributed by atoms with Crippen molar-refractivity contribution >= 4 is 23.8 Å². The lowest BCUT2D eigenvalue weighted by atomic mass is 10.2. The van der Waals surface area contributed by atoms with Gasteiger partial charge in [-0.1, -0.05) is 5.21 Å². The van der Waals surface area contributed by atoms with Crippen LogP contribution in [0.5, 0.6) is 17.2 Å². The molecule has 2 amide bonds. The van der Waals surface area contributed by atoms with Gasteiger partial charge in [-0.15, -0.1) is 5.10 Å². The molecule has 15 nitrogen and oxygen atoms in total. The first-order chi connectivity index (χ1) is 18.9. The Morgan fingerprint density at radius 2 is 1.92 bits per heavy atom. The van der Waals surface area contributed by atoms with E-state index in [4.69, 9.17) is 25.7 Å². The van der Waals surface area contributed by atoms with Crippen LogP contribution in [0.25, 0.3) is 5.82 Å². The highest BCUT2D eigenvalue weighted by atomic mass is 19.1. The van der Waals surface area contributed by atoms with Gasteiger partial charge in [0, 0.05) is 0 Å². The van der Waals surface area contributed by atoms with Crippen molar-refractivity contribution in [2.75, 3.05) is 18.9 Å². The topological polar surface area (TPSA) is 208 Å². The number of amides is 2. The van der Waals surface area contributed by atoms with E-state index in [-0.39, 0.29) is 36.2 Å². The molecule has 0 bridgehead atoms. The summed E-state index contributed by atoms with van der Waals surface area (Å²) in [6.07, 6.45) is 1.36. The average molecular weight is 539 g/mol. The van der Waals surface area contributed by atoms with Crippen molar-refractivity contribution in [1.29, 1.82) is 0 Å². The minimum absolute atomic E-state index is 0.00939. The number of aromatic nitrogens is 5. The number of benzene rings is 2. The monoisotopic (exact) mass is 539 g/mol. The van der Waals surface area contributed by atoms with Crippen LogP contribution in [0.2, 0.25) is 0 Å². The summed E-state index contributed by atoms with van der Waals surface area (Å²) in [7, 11) is 0. The third-order valence-corrected chi connectivity index (χ3v) is 4.88. The predicted octanol–water partition coefficient (Wildman–Crippen LogP) is 0.977. The van der Waals surface area contributed by atoms with Gasteiger partial charge in [-0.2, -0.15) is 9.78 Å². The fourth-order valence-corrected chi connectivity index (χ4v) is 3.16. The van der Waals surface area contributed by atoms with Gasteiger partial charge in [0.05, 0.1) is 12.8 Å². The molecule has 0 aliphatic rings. The van der Waals surface area contributed by atoms with Crippen LogP contribution in [-0.4, -0.2) is 56.5 Å². The van der Waals surface area contributed by atoms with E-state index in [1.807, 2.05) is 0 Å². The van der Waals surface area contributed by atoms with Crippen molar-refractivity contribution in [3.8, 4) is 23.1 Å². The van der Waals surface area contributed by atoms with Crippen molar-refractivity contribution in [3.05, 3.63) is 65.2 Å². The third kappa shape index (κ3) is 6.62. The van der Waals surface area contributed by atoms with E-state index in [0.29, 0.717) is 29.4 Å². The number of ether oxygens (including phenoxy) is 3. The Bertz CT molecular complexity index is 1490. The summed E-state index contributed by atoms with van der Waals surface area (Å²) in [5.41, 5.74) is 13.8. The van der Waals surface area contributed by atoms with Crippen molar-refractivity contribution in [2.24, 2.45) is 10.8 Å². The van der Waals surface area contributed by atoms with Gasteiger partial charge in [0.15, 0.2) is 23.8 Å². The van der Waals surface area contributed by atoms with E-state index >= 15 is 0 Å². The zero-order chi connectivity index (χ0) is 27.8. The van der Waals surface area contributed by atoms with Crippen LogP contribution in [0, 0.1) is 5.82 Å². The number of halogens is 1. The molecule has 0 saturated carbocycles. The number of hydrazone groups is 1. The number of carbonyl (C=O) groups is 2. The van der Waals surface area contributed by atoms with Crippen molar-refractivity contribution in [3.63, 3.8) is 0 Å². The SMILES string of the molecule is CCOc1cc(/C=N/NC(=O)c2nnn(-c3nonc3N)c2COc2ccc(F)cc2)ccc1OCC(N)=O. The predicted molar refractivity (Wildman–Crippen MR) is 132 cm³/mol. The van der Waals surface area contributed by atoms with Gasteiger partial charge in [0.2, 0.25) is 11.6 Å². The van der Waals surface area contributed by atoms with Crippen LogP contribution in [0.4, 0.5) is 10.2 Å². The standard InChI is InChI=1S/C23H22FN9O6/c1-2-36-18-9-13(3-8-17(18)38-12-19(25)34)10-27-29-23(35)20-16(11-37-15-6-4-14(24)5-7-15)33(32-28-20)22-21(26)30-39-31-22/h3-10H,2,11-12H2,1H3,(H2,25,34)(H2,26,30)(H,29,35)/b27-10+. The lowest BCUT2D eigenvalue weighted by Crippen LogP contribution is -2.21. The van der Waals surface area contributed by atoms with Gasteiger partial charge >= 0.3 is 0 Å². The van der Waals surface area contributed by atoms with Gasteiger partial charge in [0.1, 0.15) is 23.9 Å². The number of primary amides is 1. The van der Waals surface area contributed by atoms with Gasteiger partial charge in [-0.05, 0) is 65.3 Å². The van der Waals surface area contributed by atoms with Crippen LogP contribution in [0.3, 0.4) is 0 Å². The zero-order valence-electron chi connectivity index (χ0n) is 20.4. The highest BCUT2D eigenvalue weighted by Crippen LogP contribution is 2.28. The summed E-state index contributed by atoms with van der Waals surface area (Å²) >= 11 is 0. The number of hydrogen-bond acceptors (Lipinski definition) is 12. The number of carbonyl (C=O) groups excluding carboxylic acids is 2. The molecule has 0 fully saturated rings. The lowest BCUT2D eigenvalue weighted by Gasteiger charge is -2.11. The van der Waals surface area contributed by atoms with Gasteiger partial charge < -0.3 is 25.7 Å². The van der Waals surface area contributed by atoms with Crippen LogP contribution in [0.15, 0.2) is 52.2 Å². The Morgan fingerprint density at radius 3 is 2.62 bits per heavy atom. The highest BCUT2D eigenvalue weighted by Gasteiger charge is 2.24. The number of nitrogens with one attached hydrogen (secondary N) is 1. The molecule has 0 atom stereocenters. The van der Waals surface area contributed by atoms with Gasteiger partial charge in [-0.25, -0.2) is 14.4 Å². The fourth-order valence-electron chi connectivity index (χ4n) is 3.16. The second kappa shape index (κ2) is 12.1. The minimum atomic E-state index is -0.725. The Balaban J connectivity index is 1.52.